The molecule has 1 amide bonds. The van der Waals surface area contributed by atoms with Gasteiger partial charge in [0.15, 0.2) is 0 Å². The van der Waals surface area contributed by atoms with Gasteiger partial charge in [0.1, 0.15) is 0 Å². The number of hydrogen-bond acceptors (Lipinski definition) is 2. The minimum atomic E-state index is 0.186. The summed E-state index contributed by atoms with van der Waals surface area (Å²) >= 11 is 5.81. The van der Waals surface area contributed by atoms with Gasteiger partial charge in [0.25, 0.3) is 0 Å². The highest BCUT2D eigenvalue weighted by Crippen LogP contribution is 2.18. The summed E-state index contributed by atoms with van der Waals surface area (Å²) in [7, 11) is 0. The molecule has 1 saturated carbocycles. The molecule has 0 spiro atoms. The number of halogens is 1. The van der Waals surface area contributed by atoms with Crippen molar-refractivity contribution in [2.75, 3.05) is 6.54 Å². The molecule has 0 saturated heterocycles. The molecule has 3 nitrogen and oxygen atoms in total. The maximum absolute atomic E-state index is 11.4. The van der Waals surface area contributed by atoms with Crippen LogP contribution in [0.25, 0.3) is 0 Å². The maximum Gasteiger partial charge on any atom is 0.220 e. The van der Waals surface area contributed by atoms with Crippen LogP contribution in [0.4, 0.5) is 0 Å². The molecule has 1 aliphatic rings. The maximum atomic E-state index is 11.4. The Hall–Kier alpha value is -1.06. The SMILES string of the molecule is O=C(CCCNCc1ccc(Cl)cc1)NC1CC1. The average Bonchev–Trinajstić information content (AvgIpc) is 3.15. The van der Waals surface area contributed by atoms with Crippen molar-refractivity contribution in [2.24, 2.45) is 0 Å². The van der Waals surface area contributed by atoms with Gasteiger partial charge < -0.3 is 10.6 Å². The van der Waals surface area contributed by atoms with E-state index in [9.17, 15) is 4.79 Å². The van der Waals surface area contributed by atoms with E-state index in [-0.39, 0.29) is 5.91 Å². The highest BCUT2D eigenvalue weighted by Gasteiger charge is 2.22. The van der Waals surface area contributed by atoms with Crippen LogP contribution < -0.4 is 10.6 Å². The molecule has 0 radical (unpaired) electrons. The molecule has 1 fully saturated rings. The number of hydrogen-bond donors (Lipinski definition) is 2. The average molecular weight is 267 g/mol. The Morgan fingerprint density at radius 1 is 1.28 bits per heavy atom. The first-order valence-electron chi connectivity index (χ1n) is 6.48. The van der Waals surface area contributed by atoms with Gasteiger partial charge >= 0.3 is 0 Å². The number of carbonyl (C=O) groups excluding carboxylic acids is 1. The molecule has 2 N–H and O–H groups in total. The summed E-state index contributed by atoms with van der Waals surface area (Å²) in [5.41, 5.74) is 1.21. The Labute approximate surface area is 113 Å². The Bertz CT molecular complexity index is 387. The molecular weight excluding hydrogens is 248 g/mol. The third-order valence-electron chi connectivity index (χ3n) is 2.94. The standard InChI is InChI=1S/C14H19ClN2O/c15-12-5-3-11(4-6-12)10-16-9-1-2-14(18)17-13-7-8-13/h3-6,13,16H,1-2,7-10H2,(H,17,18). The van der Waals surface area contributed by atoms with E-state index in [1.54, 1.807) is 0 Å². The highest BCUT2D eigenvalue weighted by atomic mass is 35.5. The number of benzene rings is 1. The van der Waals surface area contributed by atoms with Crippen LogP contribution in [-0.2, 0) is 11.3 Å². The van der Waals surface area contributed by atoms with Gasteiger partial charge in [-0.05, 0) is 43.5 Å². The summed E-state index contributed by atoms with van der Waals surface area (Å²) in [5, 5.41) is 7.07. The summed E-state index contributed by atoms with van der Waals surface area (Å²) in [6.07, 6.45) is 3.80. The van der Waals surface area contributed by atoms with Crippen LogP contribution in [0.5, 0.6) is 0 Å². The third-order valence-corrected chi connectivity index (χ3v) is 3.19. The molecule has 98 valence electrons. The van der Waals surface area contributed by atoms with Crippen LogP contribution in [0.1, 0.15) is 31.2 Å². The fourth-order valence-corrected chi connectivity index (χ4v) is 1.86. The summed E-state index contributed by atoms with van der Waals surface area (Å²) in [6, 6.07) is 8.27. The Morgan fingerprint density at radius 3 is 2.67 bits per heavy atom. The van der Waals surface area contributed by atoms with Crippen molar-refractivity contribution in [1.29, 1.82) is 0 Å². The van der Waals surface area contributed by atoms with Crippen molar-refractivity contribution in [3.8, 4) is 0 Å². The van der Waals surface area contributed by atoms with E-state index in [4.69, 9.17) is 11.6 Å². The van der Waals surface area contributed by atoms with Crippen LogP contribution in [0.2, 0.25) is 5.02 Å². The number of nitrogens with one attached hydrogen (secondary N) is 2. The molecule has 1 aromatic carbocycles. The molecular formula is C14H19ClN2O. The van der Waals surface area contributed by atoms with Crippen molar-refractivity contribution in [3.05, 3.63) is 34.9 Å². The lowest BCUT2D eigenvalue weighted by Crippen LogP contribution is -2.26. The normalized spacial score (nSPS) is 14.5. The first kappa shape index (κ1) is 13.4. The van der Waals surface area contributed by atoms with Crippen molar-refractivity contribution < 1.29 is 4.79 Å². The first-order valence-corrected chi connectivity index (χ1v) is 6.86. The first-order chi connectivity index (χ1) is 8.74. The van der Waals surface area contributed by atoms with E-state index in [1.807, 2.05) is 24.3 Å². The molecule has 0 bridgehead atoms. The van der Waals surface area contributed by atoms with Gasteiger partial charge in [-0.1, -0.05) is 23.7 Å². The highest BCUT2D eigenvalue weighted by molar-refractivity contribution is 6.30. The van der Waals surface area contributed by atoms with Crippen molar-refractivity contribution >= 4 is 17.5 Å². The summed E-state index contributed by atoms with van der Waals surface area (Å²) in [4.78, 5) is 11.4. The van der Waals surface area contributed by atoms with E-state index < -0.39 is 0 Å². The van der Waals surface area contributed by atoms with Crippen molar-refractivity contribution in [2.45, 2.75) is 38.3 Å². The number of amides is 1. The van der Waals surface area contributed by atoms with E-state index in [0.29, 0.717) is 12.5 Å². The molecule has 0 aromatic heterocycles. The zero-order chi connectivity index (χ0) is 12.8. The molecule has 1 aliphatic carbocycles. The molecule has 4 heteroatoms. The fraction of sp³-hybridized carbons (Fsp3) is 0.500. The van der Waals surface area contributed by atoms with Gasteiger partial charge in [-0.15, -0.1) is 0 Å². The monoisotopic (exact) mass is 266 g/mol. The minimum Gasteiger partial charge on any atom is -0.353 e. The Morgan fingerprint density at radius 2 is 2.00 bits per heavy atom. The van der Waals surface area contributed by atoms with Gasteiger partial charge in [-0.3, -0.25) is 4.79 Å². The van der Waals surface area contributed by atoms with Gasteiger partial charge in [-0.2, -0.15) is 0 Å². The Balaban J connectivity index is 1.52. The minimum absolute atomic E-state index is 0.186. The molecule has 2 rings (SSSR count). The fourth-order valence-electron chi connectivity index (χ4n) is 1.74. The molecule has 0 aliphatic heterocycles. The number of rotatable bonds is 7. The summed E-state index contributed by atoms with van der Waals surface area (Å²) in [5.74, 6) is 0.186. The predicted molar refractivity (Wildman–Crippen MR) is 73.6 cm³/mol. The molecule has 0 heterocycles. The smallest absolute Gasteiger partial charge is 0.220 e. The van der Waals surface area contributed by atoms with Gasteiger partial charge in [-0.25, -0.2) is 0 Å². The summed E-state index contributed by atoms with van der Waals surface area (Å²) < 4.78 is 0. The Kier molecular flexibility index (Phi) is 5.02. The third kappa shape index (κ3) is 5.07. The van der Waals surface area contributed by atoms with Crippen LogP contribution >= 0.6 is 11.6 Å². The van der Waals surface area contributed by atoms with Gasteiger partial charge in [0.2, 0.25) is 5.91 Å². The second-order valence-electron chi connectivity index (χ2n) is 4.75. The number of carbonyl (C=O) groups is 1. The van der Waals surface area contributed by atoms with Crippen LogP contribution in [-0.4, -0.2) is 18.5 Å². The molecule has 1 aromatic rings. The van der Waals surface area contributed by atoms with Crippen LogP contribution in [0, 0.1) is 0 Å². The molecule has 18 heavy (non-hydrogen) atoms. The lowest BCUT2D eigenvalue weighted by molar-refractivity contribution is -0.121. The van der Waals surface area contributed by atoms with E-state index in [2.05, 4.69) is 10.6 Å². The quantitative estimate of drug-likeness (QED) is 0.745. The zero-order valence-corrected chi connectivity index (χ0v) is 11.2. The molecule has 0 atom stereocenters. The predicted octanol–water partition coefficient (Wildman–Crippen LogP) is 2.49. The van der Waals surface area contributed by atoms with Crippen LogP contribution in [0.3, 0.4) is 0 Å². The second kappa shape index (κ2) is 6.76. The van der Waals surface area contributed by atoms with E-state index in [1.165, 1.54) is 5.56 Å². The van der Waals surface area contributed by atoms with Crippen molar-refractivity contribution in [3.63, 3.8) is 0 Å². The lowest BCUT2D eigenvalue weighted by Gasteiger charge is -2.05. The lowest BCUT2D eigenvalue weighted by atomic mass is 10.2. The topological polar surface area (TPSA) is 41.1 Å². The van der Waals surface area contributed by atoms with Crippen molar-refractivity contribution in [1.82, 2.24) is 10.6 Å². The van der Waals surface area contributed by atoms with Gasteiger partial charge in [0.05, 0.1) is 0 Å². The van der Waals surface area contributed by atoms with E-state index in [0.717, 1.165) is 37.4 Å². The molecule has 0 unspecified atom stereocenters. The summed E-state index contributed by atoms with van der Waals surface area (Å²) in [6.45, 7) is 1.68. The van der Waals surface area contributed by atoms with Gasteiger partial charge in [0, 0.05) is 24.0 Å². The largest absolute Gasteiger partial charge is 0.353 e. The second-order valence-corrected chi connectivity index (χ2v) is 5.19. The zero-order valence-electron chi connectivity index (χ0n) is 10.4. The van der Waals surface area contributed by atoms with Crippen LogP contribution in [0.15, 0.2) is 24.3 Å². The van der Waals surface area contributed by atoms with E-state index >= 15 is 0 Å².